The molecule has 5 nitrogen and oxygen atoms in total. The summed E-state index contributed by atoms with van der Waals surface area (Å²) in [6.45, 7) is 7.51. The molecule has 1 aromatic heterocycles. The predicted molar refractivity (Wildman–Crippen MR) is 133 cm³/mol. The van der Waals surface area contributed by atoms with Crippen molar-refractivity contribution in [3.05, 3.63) is 47.0 Å². The number of carboxylic acid groups (broad SMARTS) is 1. The van der Waals surface area contributed by atoms with Gasteiger partial charge in [0.1, 0.15) is 11.4 Å². The zero-order valence-electron chi connectivity index (χ0n) is 19.9. The fraction of sp³-hybridized carbons (Fsp3) is 0.519. The number of carbonyl (C=O) groups is 1. The zero-order chi connectivity index (χ0) is 23.7. The highest BCUT2D eigenvalue weighted by Gasteiger charge is 2.35. The van der Waals surface area contributed by atoms with E-state index >= 15 is 0 Å². The maximum atomic E-state index is 10.9. The van der Waals surface area contributed by atoms with Crippen LogP contribution in [-0.4, -0.2) is 33.4 Å². The molecule has 1 aliphatic rings. The number of aromatic nitrogens is 2. The number of aliphatic carboxylic acids is 1. The molecule has 176 valence electrons. The smallest absolute Gasteiger partial charge is 0.309 e. The summed E-state index contributed by atoms with van der Waals surface area (Å²) in [6.07, 6.45) is 11.0. The highest BCUT2D eigenvalue weighted by Crippen LogP contribution is 2.46. The minimum absolute atomic E-state index is 0.132. The van der Waals surface area contributed by atoms with E-state index in [1.165, 1.54) is 37.4 Å². The SMILES string of the molecule is CCCCCCSc1cc2c(cc1C#Cc1cnc(CC(=O)O)cn1)C(CC)(CC)CCO2. The van der Waals surface area contributed by atoms with Gasteiger partial charge in [-0.3, -0.25) is 9.78 Å². The summed E-state index contributed by atoms with van der Waals surface area (Å²) in [5.41, 5.74) is 3.36. The molecule has 2 aromatic rings. The third kappa shape index (κ3) is 6.51. The first-order valence-corrected chi connectivity index (χ1v) is 13.0. The summed E-state index contributed by atoms with van der Waals surface area (Å²) in [4.78, 5) is 20.5. The van der Waals surface area contributed by atoms with Crippen LogP contribution >= 0.6 is 11.8 Å². The Morgan fingerprint density at radius 2 is 1.94 bits per heavy atom. The predicted octanol–water partition coefficient (Wildman–Crippen LogP) is 6.02. The second-order valence-corrected chi connectivity index (χ2v) is 9.69. The van der Waals surface area contributed by atoms with Crippen LogP contribution < -0.4 is 4.74 Å². The quantitative estimate of drug-likeness (QED) is 0.262. The Morgan fingerprint density at radius 1 is 1.12 bits per heavy atom. The van der Waals surface area contributed by atoms with E-state index in [9.17, 15) is 4.79 Å². The van der Waals surface area contributed by atoms with E-state index in [-0.39, 0.29) is 11.8 Å². The number of rotatable bonds is 10. The van der Waals surface area contributed by atoms with Crippen LogP contribution in [0, 0.1) is 11.8 Å². The van der Waals surface area contributed by atoms with Crippen molar-refractivity contribution in [3.63, 3.8) is 0 Å². The maximum absolute atomic E-state index is 10.9. The second kappa shape index (κ2) is 12.1. The van der Waals surface area contributed by atoms with Gasteiger partial charge in [0, 0.05) is 21.4 Å². The van der Waals surface area contributed by atoms with Gasteiger partial charge in [-0.2, -0.15) is 0 Å². The van der Waals surface area contributed by atoms with E-state index in [2.05, 4.69) is 54.7 Å². The first-order chi connectivity index (χ1) is 16.0. The third-order valence-corrected chi connectivity index (χ3v) is 7.60. The summed E-state index contributed by atoms with van der Waals surface area (Å²) < 4.78 is 6.10. The van der Waals surface area contributed by atoms with Crippen LogP contribution in [0.3, 0.4) is 0 Å². The molecule has 6 heteroatoms. The minimum atomic E-state index is -0.921. The summed E-state index contributed by atoms with van der Waals surface area (Å²) in [6, 6.07) is 4.42. The van der Waals surface area contributed by atoms with Crippen molar-refractivity contribution < 1.29 is 14.6 Å². The van der Waals surface area contributed by atoms with Crippen LogP contribution in [0.1, 0.15) is 88.2 Å². The summed E-state index contributed by atoms with van der Waals surface area (Å²) in [5.74, 6) is 7.61. The monoisotopic (exact) mass is 466 g/mol. The summed E-state index contributed by atoms with van der Waals surface area (Å²) in [7, 11) is 0. The fourth-order valence-corrected chi connectivity index (χ4v) is 5.32. The Kier molecular flexibility index (Phi) is 9.20. The van der Waals surface area contributed by atoms with Crippen LogP contribution in [0.2, 0.25) is 0 Å². The third-order valence-electron chi connectivity index (χ3n) is 6.46. The lowest BCUT2D eigenvalue weighted by Gasteiger charge is -2.38. The van der Waals surface area contributed by atoms with Crippen LogP contribution in [0.25, 0.3) is 0 Å². The number of thioether (sulfide) groups is 1. The highest BCUT2D eigenvalue weighted by molar-refractivity contribution is 7.99. The second-order valence-electron chi connectivity index (χ2n) is 8.55. The Bertz CT molecular complexity index is 1000. The number of benzene rings is 1. The van der Waals surface area contributed by atoms with Crippen molar-refractivity contribution in [2.75, 3.05) is 12.4 Å². The van der Waals surface area contributed by atoms with Gasteiger partial charge in [-0.25, -0.2) is 4.98 Å². The number of nitrogens with zero attached hydrogens (tertiary/aromatic N) is 2. The molecule has 0 saturated carbocycles. The molecule has 3 rings (SSSR count). The van der Waals surface area contributed by atoms with Crippen molar-refractivity contribution in [1.29, 1.82) is 0 Å². The number of ether oxygens (including phenoxy) is 1. The van der Waals surface area contributed by atoms with E-state index < -0.39 is 5.97 Å². The largest absolute Gasteiger partial charge is 0.493 e. The van der Waals surface area contributed by atoms with Gasteiger partial charge in [0.05, 0.1) is 31.1 Å². The van der Waals surface area contributed by atoms with Gasteiger partial charge >= 0.3 is 5.97 Å². The van der Waals surface area contributed by atoms with E-state index in [1.807, 2.05) is 11.8 Å². The van der Waals surface area contributed by atoms with Gasteiger partial charge in [-0.15, -0.1) is 11.8 Å². The molecule has 0 unspecified atom stereocenters. The molecule has 0 atom stereocenters. The first kappa shape index (κ1) is 25.1. The molecule has 0 fully saturated rings. The van der Waals surface area contributed by atoms with Crippen LogP contribution in [0.4, 0.5) is 0 Å². The number of carboxylic acids is 1. The van der Waals surface area contributed by atoms with Crippen molar-refractivity contribution >= 4 is 17.7 Å². The van der Waals surface area contributed by atoms with Crippen LogP contribution in [0.5, 0.6) is 5.75 Å². The molecule has 33 heavy (non-hydrogen) atoms. The van der Waals surface area contributed by atoms with Crippen molar-refractivity contribution in [2.24, 2.45) is 0 Å². The van der Waals surface area contributed by atoms with E-state index in [0.717, 1.165) is 47.8 Å². The van der Waals surface area contributed by atoms with Gasteiger partial charge in [-0.1, -0.05) is 46.0 Å². The fourth-order valence-electron chi connectivity index (χ4n) is 4.30. The molecular weight excluding hydrogens is 432 g/mol. The van der Waals surface area contributed by atoms with Crippen LogP contribution in [0.15, 0.2) is 29.4 Å². The molecule has 0 amide bonds. The summed E-state index contributed by atoms with van der Waals surface area (Å²) in [5, 5.41) is 8.91. The van der Waals surface area contributed by atoms with Gasteiger partial charge in [0.15, 0.2) is 0 Å². The Labute approximate surface area is 201 Å². The van der Waals surface area contributed by atoms with Gasteiger partial charge < -0.3 is 9.84 Å². The number of fused-ring (bicyclic) bond motifs is 1. The zero-order valence-corrected chi connectivity index (χ0v) is 20.8. The van der Waals surface area contributed by atoms with Gasteiger partial charge in [0.2, 0.25) is 0 Å². The molecule has 0 saturated heterocycles. The van der Waals surface area contributed by atoms with E-state index in [0.29, 0.717) is 11.4 Å². The Morgan fingerprint density at radius 3 is 2.61 bits per heavy atom. The number of hydrogen-bond acceptors (Lipinski definition) is 5. The molecule has 1 aliphatic heterocycles. The summed E-state index contributed by atoms with van der Waals surface area (Å²) >= 11 is 1.85. The normalized spacial score (nSPS) is 14.0. The molecule has 0 bridgehead atoms. The van der Waals surface area contributed by atoms with E-state index in [1.54, 1.807) is 6.20 Å². The highest BCUT2D eigenvalue weighted by atomic mass is 32.2. The minimum Gasteiger partial charge on any atom is -0.493 e. The molecule has 0 radical (unpaired) electrons. The number of unbranched alkanes of at least 4 members (excludes halogenated alkanes) is 3. The average molecular weight is 467 g/mol. The maximum Gasteiger partial charge on any atom is 0.309 e. The van der Waals surface area contributed by atoms with Crippen molar-refractivity contribution in [1.82, 2.24) is 9.97 Å². The topological polar surface area (TPSA) is 72.3 Å². The lowest BCUT2D eigenvalue weighted by molar-refractivity contribution is -0.136. The van der Waals surface area contributed by atoms with Crippen molar-refractivity contribution in [3.8, 4) is 17.6 Å². The van der Waals surface area contributed by atoms with Crippen LogP contribution in [-0.2, 0) is 16.6 Å². The molecule has 2 heterocycles. The Balaban J connectivity index is 1.92. The molecule has 1 N–H and O–H groups in total. The molecular formula is C27H34N2O3S. The Hall–Kier alpha value is -2.52. The number of hydrogen-bond donors (Lipinski definition) is 1. The molecule has 0 spiro atoms. The van der Waals surface area contributed by atoms with Gasteiger partial charge in [0.25, 0.3) is 0 Å². The van der Waals surface area contributed by atoms with E-state index in [4.69, 9.17) is 9.84 Å². The van der Waals surface area contributed by atoms with Gasteiger partial charge in [-0.05, 0) is 49.5 Å². The standard InChI is InChI=1S/C27H34N2O3S/c1-4-7-8-9-14-33-25-17-24-23(27(5-2,6-3)12-13-32-24)15-20(25)10-11-21-18-29-22(19-28-21)16-26(30)31/h15,17-19H,4-9,12-14,16H2,1-3H3,(H,30,31). The average Bonchev–Trinajstić information content (AvgIpc) is 2.82. The first-order valence-electron chi connectivity index (χ1n) is 12.0. The van der Waals surface area contributed by atoms with Crippen molar-refractivity contribution in [2.45, 2.75) is 82.4 Å². The molecule has 0 aliphatic carbocycles. The lowest BCUT2D eigenvalue weighted by atomic mass is 9.71. The lowest BCUT2D eigenvalue weighted by Crippen LogP contribution is -2.32. The molecule has 1 aromatic carbocycles.